The van der Waals surface area contributed by atoms with Crippen LogP contribution in [0.4, 0.5) is 0 Å². The van der Waals surface area contributed by atoms with Crippen LogP contribution in [0.15, 0.2) is 42.0 Å². The summed E-state index contributed by atoms with van der Waals surface area (Å²) in [6.45, 7) is 0. The minimum Gasteiger partial charge on any atom is -0.332 e. The van der Waals surface area contributed by atoms with Crippen molar-refractivity contribution in [3.05, 3.63) is 64.6 Å². The van der Waals surface area contributed by atoms with Crippen LogP contribution in [0.2, 0.25) is 0 Å². The van der Waals surface area contributed by atoms with Gasteiger partial charge in [0.25, 0.3) is 11.6 Å². The fraction of sp³-hybridized carbons (Fsp3) is 0.0909. The van der Waals surface area contributed by atoms with E-state index in [9.17, 15) is 19.2 Å². The van der Waals surface area contributed by atoms with Gasteiger partial charge in [0.2, 0.25) is 11.6 Å². The Morgan fingerprint density at radius 3 is 1.93 bits per heavy atom. The van der Waals surface area contributed by atoms with Gasteiger partial charge in [-0.2, -0.15) is 0 Å². The molecule has 0 amide bonds. The van der Waals surface area contributed by atoms with Crippen LogP contribution in [0.25, 0.3) is 28.5 Å². The lowest BCUT2D eigenvalue weighted by atomic mass is 9.84. The van der Waals surface area contributed by atoms with Gasteiger partial charge in [-0.15, -0.1) is 0 Å². The van der Waals surface area contributed by atoms with Crippen LogP contribution >= 0.6 is 0 Å². The molecule has 0 radical (unpaired) electrons. The maximum atomic E-state index is 12.6. The van der Waals surface area contributed by atoms with Crippen molar-refractivity contribution in [3.63, 3.8) is 0 Å². The van der Waals surface area contributed by atoms with Gasteiger partial charge < -0.3 is 9.97 Å². The molecule has 30 heavy (non-hydrogen) atoms. The van der Waals surface area contributed by atoms with Crippen LogP contribution in [-0.4, -0.2) is 43.1 Å². The van der Waals surface area contributed by atoms with Crippen molar-refractivity contribution in [2.75, 3.05) is 0 Å². The quantitative estimate of drug-likeness (QED) is 0.609. The second kappa shape index (κ2) is 5.66. The Morgan fingerprint density at radius 1 is 0.633 bits per heavy atom. The number of nitrogens with one attached hydrogen (secondary N) is 2. The normalized spacial score (nSPS) is 17.1. The maximum Gasteiger partial charge on any atom is 0.251 e. The smallest absolute Gasteiger partial charge is 0.251 e. The number of carbonyl (C=O) groups excluding carboxylic acids is 4. The van der Waals surface area contributed by atoms with Crippen LogP contribution < -0.4 is 0 Å². The lowest BCUT2D eigenvalue weighted by Crippen LogP contribution is -2.25. The Balaban J connectivity index is 1.53. The number of fused-ring (bicyclic) bond motifs is 6. The van der Waals surface area contributed by atoms with Gasteiger partial charge in [-0.3, -0.25) is 19.2 Å². The third-order valence-corrected chi connectivity index (χ3v) is 5.58. The SMILES string of the molecule is O=C1C(=O)c2[nH]c(-c3nc4c([nH]3)C(=O)C(=O)c3ccccc3-4)nc2C2=CCCC=C12. The molecule has 3 aliphatic rings. The number of Topliss-reactive ketones (excluding diaryl/α,β-unsaturated/α-hetero) is 4. The van der Waals surface area contributed by atoms with E-state index in [0.717, 1.165) is 6.42 Å². The van der Waals surface area contributed by atoms with E-state index in [1.54, 1.807) is 30.3 Å². The number of rotatable bonds is 1. The first-order chi connectivity index (χ1) is 14.5. The topological polar surface area (TPSA) is 126 Å². The average molecular weight is 396 g/mol. The number of aromatic amines is 2. The van der Waals surface area contributed by atoms with Crippen LogP contribution in [0.5, 0.6) is 0 Å². The minimum absolute atomic E-state index is 0.0861. The van der Waals surface area contributed by atoms with Gasteiger partial charge in [0.05, 0.1) is 0 Å². The molecule has 144 valence electrons. The zero-order chi connectivity index (χ0) is 20.6. The standard InChI is InChI=1S/C22H12N4O4/c27-17-11-7-3-1-5-9(11)13-15(19(17)29)25-21(23-13)22-24-14-10-6-2-4-8-12(10)18(28)20(30)16(14)26-22/h1,3,5-8H,2,4H2,(H,23,25)(H,24,26). The van der Waals surface area contributed by atoms with Crippen molar-refractivity contribution in [2.45, 2.75) is 12.8 Å². The second-order valence-electron chi connectivity index (χ2n) is 7.29. The highest BCUT2D eigenvalue weighted by Gasteiger charge is 2.38. The molecule has 8 nitrogen and oxygen atoms in total. The summed E-state index contributed by atoms with van der Waals surface area (Å²) < 4.78 is 0. The number of benzene rings is 1. The molecule has 2 aromatic heterocycles. The predicted molar refractivity (Wildman–Crippen MR) is 105 cm³/mol. The summed E-state index contributed by atoms with van der Waals surface area (Å²) in [7, 11) is 0. The van der Waals surface area contributed by atoms with Gasteiger partial charge in [-0.05, 0) is 12.8 Å². The second-order valence-corrected chi connectivity index (χ2v) is 7.29. The third kappa shape index (κ3) is 2.04. The molecule has 6 rings (SSSR count). The average Bonchev–Trinajstić information content (AvgIpc) is 3.41. The fourth-order valence-corrected chi connectivity index (χ4v) is 4.16. The lowest BCUT2D eigenvalue weighted by Gasteiger charge is -2.18. The van der Waals surface area contributed by atoms with E-state index in [0.29, 0.717) is 40.1 Å². The first-order valence-corrected chi connectivity index (χ1v) is 9.43. The van der Waals surface area contributed by atoms with Crippen molar-refractivity contribution >= 4 is 28.7 Å². The van der Waals surface area contributed by atoms with Gasteiger partial charge in [0.1, 0.15) is 22.8 Å². The Morgan fingerprint density at radius 2 is 1.20 bits per heavy atom. The van der Waals surface area contributed by atoms with Crippen LogP contribution in [0.3, 0.4) is 0 Å². The van der Waals surface area contributed by atoms with Crippen molar-refractivity contribution in [3.8, 4) is 22.9 Å². The molecule has 3 aromatic rings. The van der Waals surface area contributed by atoms with Crippen LogP contribution in [0, 0.1) is 0 Å². The van der Waals surface area contributed by atoms with Crippen molar-refractivity contribution in [1.29, 1.82) is 0 Å². The predicted octanol–water partition coefficient (Wildman–Crippen LogP) is 2.71. The monoisotopic (exact) mass is 396 g/mol. The molecule has 1 aromatic carbocycles. The van der Waals surface area contributed by atoms with E-state index in [1.807, 2.05) is 6.08 Å². The zero-order valence-corrected chi connectivity index (χ0v) is 15.4. The van der Waals surface area contributed by atoms with E-state index in [2.05, 4.69) is 19.9 Å². The number of hydrogen-bond donors (Lipinski definition) is 2. The highest BCUT2D eigenvalue weighted by Crippen LogP contribution is 2.37. The van der Waals surface area contributed by atoms with Crippen molar-refractivity contribution < 1.29 is 19.2 Å². The number of carbonyl (C=O) groups is 4. The Bertz CT molecular complexity index is 1420. The molecule has 0 spiro atoms. The highest BCUT2D eigenvalue weighted by atomic mass is 16.2. The number of hydrogen-bond acceptors (Lipinski definition) is 6. The number of nitrogens with zero attached hydrogens (tertiary/aromatic N) is 2. The van der Waals surface area contributed by atoms with E-state index in [1.165, 1.54) is 0 Å². The summed E-state index contributed by atoms with van der Waals surface area (Å²) in [6.07, 6.45) is 5.11. The molecule has 8 heteroatoms. The summed E-state index contributed by atoms with van der Waals surface area (Å²) in [4.78, 5) is 64.7. The minimum atomic E-state index is -0.676. The first kappa shape index (κ1) is 16.7. The Labute approximate surface area is 168 Å². The summed E-state index contributed by atoms with van der Waals surface area (Å²) >= 11 is 0. The molecule has 0 aliphatic heterocycles. The molecular formula is C22H12N4O4. The van der Waals surface area contributed by atoms with Gasteiger partial charge in [0.15, 0.2) is 11.6 Å². The van der Waals surface area contributed by atoms with E-state index in [-0.39, 0.29) is 23.0 Å². The number of H-pyrrole nitrogens is 2. The van der Waals surface area contributed by atoms with Crippen LogP contribution in [-0.2, 0) is 4.79 Å². The number of aromatic nitrogens is 4. The molecule has 0 bridgehead atoms. The maximum absolute atomic E-state index is 12.6. The van der Waals surface area contributed by atoms with Crippen LogP contribution in [0.1, 0.15) is 49.9 Å². The zero-order valence-electron chi connectivity index (χ0n) is 15.4. The lowest BCUT2D eigenvalue weighted by molar-refractivity contribution is -0.111. The van der Waals surface area contributed by atoms with Crippen molar-refractivity contribution in [1.82, 2.24) is 19.9 Å². The molecule has 3 aliphatic carbocycles. The molecule has 0 unspecified atom stereocenters. The van der Waals surface area contributed by atoms with Gasteiger partial charge >= 0.3 is 0 Å². The molecule has 0 fully saturated rings. The molecule has 2 N–H and O–H groups in total. The molecule has 0 saturated carbocycles. The summed E-state index contributed by atoms with van der Waals surface area (Å²) in [5.74, 6) is -2.05. The molecule has 2 heterocycles. The van der Waals surface area contributed by atoms with Crippen molar-refractivity contribution in [2.24, 2.45) is 0 Å². The third-order valence-electron chi connectivity index (χ3n) is 5.58. The summed E-state index contributed by atoms with van der Waals surface area (Å²) in [6, 6.07) is 6.77. The highest BCUT2D eigenvalue weighted by molar-refractivity contribution is 6.54. The van der Waals surface area contributed by atoms with Gasteiger partial charge in [-0.1, -0.05) is 36.4 Å². The number of imidazole rings is 2. The summed E-state index contributed by atoms with van der Waals surface area (Å²) in [5, 5.41) is 0. The Hall–Kier alpha value is -4.20. The van der Waals surface area contributed by atoms with Gasteiger partial charge in [0, 0.05) is 22.3 Å². The summed E-state index contributed by atoms with van der Waals surface area (Å²) in [5.41, 5.74) is 2.83. The van der Waals surface area contributed by atoms with E-state index in [4.69, 9.17) is 0 Å². The largest absolute Gasteiger partial charge is 0.332 e. The van der Waals surface area contributed by atoms with E-state index < -0.39 is 23.1 Å². The molecular weight excluding hydrogens is 384 g/mol. The number of allylic oxidation sites excluding steroid dienone is 4. The Kier molecular flexibility index (Phi) is 3.16. The van der Waals surface area contributed by atoms with Gasteiger partial charge in [-0.25, -0.2) is 9.97 Å². The first-order valence-electron chi connectivity index (χ1n) is 9.43. The van der Waals surface area contributed by atoms with E-state index >= 15 is 0 Å². The number of ketones is 4. The fourth-order valence-electron chi connectivity index (χ4n) is 4.16. The molecule has 0 atom stereocenters. The molecule has 0 saturated heterocycles.